The van der Waals surface area contributed by atoms with Gasteiger partial charge in [-0.25, -0.2) is 4.99 Å². The lowest BCUT2D eigenvalue weighted by atomic mass is 10.2. The molecule has 1 unspecified atom stereocenters. The van der Waals surface area contributed by atoms with Gasteiger partial charge in [-0.2, -0.15) is 8.78 Å². The highest BCUT2D eigenvalue weighted by atomic mass is 35.5. The van der Waals surface area contributed by atoms with Gasteiger partial charge in [-0.1, -0.05) is 35.5 Å². The second kappa shape index (κ2) is 10.6. The Morgan fingerprint density at radius 2 is 2.06 bits per heavy atom. The number of carbonyl (C=O) groups excluding carboxylic acids is 2. The number of amidine groups is 1. The summed E-state index contributed by atoms with van der Waals surface area (Å²) < 4.78 is 28.9. The Hall–Kier alpha value is -2.91. The number of rotatable bonds is 8. The van der Waals surface area contributed by atoms with E-state index < -0.39 is 11.9 Å². The van der Waals surface area contributed by atoms with Crippen LogP contribution in [0.3, 0.4) is 0 Å². The van der Waals surface area contributed by atoms with Gasteiger partial charge >= 0.3 is 6.61 Å². The fourth-order valence-corrected chi connectivity index (χ4v) is 4.29. The highest BCUT2D eigenvalue weighted by Gasteiger charge is 2.38. The van der Waals surface area contributed by atoms with Gasteiger partial charge in [0.25, 0.3) is 0 Å². The molecular formula is C22H20ClF2N3O3S. The molecule has 1 heterocycles. The van der Waals surface area contributed by atoms with E-state index in [1.807, 2.05) is 0 Å². The third-order valence-corrected chi connectivity index (χ3v) is 6.12. The Bertz CT molecular complexity index is 1050. The lowest BCUT2D eigenvalue weighted by Gasteiger charge is -2.14. The summed E-state index contributed by atoms with van der Waals surface area (Å²) in [6.45, 7) is 2.76. The second-order valence-corrected chi connectivity index (χ2v) is 8.35. The Labute approximate surface area is 193 Å². The molecule has 1 atom stereocenters. The van der Waals surface area contributed by atoms with Crippen LogP contribution in [0.15, 0.2) is 60.1 Å². The lowest BCUT2D eigenvalue weighted by Crippen LogP contribution is -2.33. The lowest BCUT2D eigenvalue weighted by molar-refractivity contribution is -0.127. The quantitative estimate of drug-likeness (QED) is 0.515. The second-order valence-electron chi connectivity index (χ2n) is 6.78. The molecule has 2 aromatic rings. The SMILES string of the molecule is C=CCN1C(=O)C(CC(=O)Nc2cccc(Cl)c2C)SC1=Nc1ccc(OC(F)F)cc1. The van der Waals surface area contributed by atoms with Crippen molar-refractivity contribution in [2.24, 2.45) is 4.99 Å². The summed E-state index contributed by atoms with van der Waals surface area (Å²) in [7, 11) is 0. The zero-order valence-electron chi connectivity index (χ0n) is 17.1. The maximum Gasteiger partial charge on any atom is 0.387 e. The molecule has 1 fully saturated rings. The van der Waals surface area contributed by atoms with Crippen LogP contribution in [0.4, 0.5) is 20.2 Å². The van der Waals surface area contributed by atoms with E-state index in [0.29, 0.717) is 21.6 Å². The summed E-state index contributed by atoms with van der Waals surface area (Å²) >= 11 is 7.25. The fourth-order valence-electron chi connectivity index (χ4n) is 2.95. The molecule has 0 bridgehead atoms. The highest BCUT2D eigenvalue weighted by molar-refractivity contribution is 8.15. The molecule has 10 heteroatoms. The minimum atomic E-state index is -2.92. The van der Waals surface area contributed by atoms with Gasteiger partial charge in [0.1, 0.15) is 11.0 Å². The molecule has 0 spiro atoms. The van der Waals surface area contributed by atoms with Crippen LogP contribution < -0.4 is 10.1 Å². The van der Waals surface area contributed by atoms with E-state index in [2.05, 4.69) is 21.6 Å². The van der Waals surface area contributed by atoms with E-state index in [9.17, 15) is 18.4 Å². The predicted molar refractivity (Wildman–Crippen MR) is 123 cm³/mol. The zero-order chi connectivity index (χ0) is 23.3. The van der Waals surface area contributed by atoms with Crippen molar-refractivity contribution in [1.82, 2.24) is 4.90 Å². The summed E-state index contributed by atoms with van der Waals surface area (Å²) in [4.78, 5) is 31.3. The topological polar surface area (TPSA) is 71.0 Å². The molecule has 1 aliphatic rings. The van der Waals surface area contributed by atoms with Crippen LogP contribution >= 0.6 is 23.4 Å². The summed E-state index contributed by atoms with van der Waals surface area (Å²) in [6, 6.07) is 10.9. The van der Waals surface area contributed by atoms with Crippen molar-refractivity contribution in [1.29, 1.82) is 0 Å². The Kier molecular flexibility index (Phi) is 7.87. The molecule has 168 valence electrons. The van der Waals surface area contributed by atoms with Crippen molar-refractivity contribution in [3.05, 3.63) is 65.7 Å². The van der Waals surface area contributed by atoms with Gasteiger partial charge in [-0.3, -0.25) is 14.5 Å². The standard InChI is InChI=1S/C22H20ClF2N3O3S/c1-3-11-28-20(30)18(12-19(29)27-17-6-4-5-16(23)13(17)2)32-22(28)26-14-7-9-15(10-8-14)31-21(24)25/h3-10,18,21H,1,11-12H2,2H3,(H,27,29). The number of carbonyl (C=O) groups is 2. The van der Waals surface area contributed by atoms with E-state index in [4.69, 9.17) is 11.6 Å². The van der Waals surface area contributed by atoms with Crippen molar-refractivity contribution < 1.29 is 23.1 Å². The summed E-state index contributed by atoms with van der Waals surface area (Å²) in [5.74, 6) is -0.577. The van der Waals surface area contributed by atoms with Crippen LogP contribution in [-0.4, -0.2) is 40.3 Å². The normalized spacial score (nSPS) is 17.2. The third kappa shape index (κ3) is 5.86. The fraction of sp³-hybridized carbons (Fsp3) is 0.227. The number of alkyl halides is 2. The molecule has 1 saturated heterocycles. The first kappa shape index (κ1) is 23.7. The van der Waals surface area contributed by atoms with Gasteiger partial charge in [0.05, 0.1) is 5.69 Å². The average molecular weight is 480 g/mol. The summed E-state index contributed by atoms with van der Waals surface area (Å²) in [5, 5.41) is 3.06. The monoisotopic (exact) mass is 479 g/mol. The molecular weight excluding hydrogens is 460 g/mol. The number of benzene rings is 2. The smallest absolute Gasteiger partial charge is 0.387 e. The molecule has 0 aliphatic carbocycles. The zero-order valence-corrected chi connectivity index (χ0v) is 18.6. The first-order valence-electron chi connectivity index (χ1n) is 9.56. The third-order valence-electron chi connectivity index (χ3n) is 4.53. The van der Waals surface area contributed by atoms with Crippen LogP contribution in [0.25, 0.3) is 0 Å². The van der Waals surface area contributed by atoms with Crippen LogP contribution in [0.2, 0.25) is 5.02 Å². The van der Waals surface area contributed by atoms with E-state index in [-0.39, 0.29) is 30.5 Å². The Morgan fingerprint density at radius 1 is 1.34 bits per heavy atom. The molecule has 1 aliphatic heterocycles. The number of ether oxygens (including phenoxy) is 1. The molecule has 6 nitrogen and oxygen atoms in total. The van der Waals surface area contributed by atoms with E-state index >= 15 is 0 Å². The maximum atomic E-state index is 12.9. The molecule has 0 aromatic heterocycles. The molecule has 32 heavy (non-hydrogen) atoms. The predicted octanol–water partition coefficient (Wildman–Crippen LogP) is 5.40. The van der Waals surface area contributed by atoms with Gasteiger partial charge in [0, 0.05) is 23.7 Å². The van der Waals surface area contributed by atoms with Crippen molar-refractivity contribution in [3.8, 4) is 5.75 Å². The molecule has 0 saturated carbocycles. The molecule has 3 rings (SSSR count). The molecule has 1 N–H and O–H groups in total. The van der Waals surface area contributed by atoms with Gasteiger partial charge in [0.2, 0.25) is 11.8 Å². The first-order valence-corrected chi connectivity index (χ1v) is 10.8. The van der Waals surface area contributed by atoms with Gasteiger partial charge in [-0.15, -0.1) is 6.58 Å². The van der Waals surface area contributed by atoms with Crippen molar-refractivity contribution >= 4 is 51.7 Å². The molecule has 2 amide bonds. The number of halogens is 3. The van der Waals surface area contributed by atoms with Crippen LogP contribution in [0, 0.1) is 6.92 Å². The maximum absolute atomic E-state index is 12.9. The largest absolute Gasteiger partial charge is 0.435 e. The van der Waals surface area contributed by atoms with E-state index in [0.717, 1.165) is 17.3 Å². The summed E-state index contributed by atoms with van der Waals surface area (Å²) in [5.41, 5.74) is 1.78. The number of nitrogens with one attached hydrogen (secondary N) is 1. The van der Waals surface area contributed by atoms with E-state index in [1.165, 1.54) is 29.2 Å². The number of nitrogens with zero attached hydrogens (tertiary/aromatic N) is 2. The number of hydrogen-bond acceptors (Lipinski definition) is 5. The van der Waals surface area contributed by atoms with Crippen molar-refractivity contribution in [3.63, 3.8) is 0 Å². The number of anilines is 1. The highest BCUT2D eigenvalue weighted by Crippen LogP contribution is 2.32. The van der Waals surface area contributed by atoms with Crippen LogP contribution in [0.5, 0.6) is 5.75 Å². The van der Waals surface area contributed by atoms with Crippen LogP contribution in [0.1, 0.15) is 12.0 Å². The van der Waals surface area contributed by atoms with E-state index in [1.54, 1.807) is 31.2 Å². The first-order chi connectivity index (χ1) is 15.3. The summed E-state index contributed by atoms with van der Waals surface area (Å²) in [6.07, 6.45) is 1.51. The number of aliphatic imine (C=N–C) groups is 1. The number of amides is 2. The van der Waals surface area contributed by atoms with Gasteiger partial charge < -0.3 is 10.1 Å². The van der Waals surface area contributed by atoms with Gasteiger partial charge in [-0.05, 0) is 48.9 Å². The Morgan fingerprint density at radius 3 is 2.72 bits per heavy atom. The minimum Gasteiger partial charge on any atom is -0.435 e. The molecule has 2 aromatic carbocycles. The number of hydrogen-bond donors (Lipinski definition) is 1. The van der Waals surface area contributed by atoms with Crippen molar-refractivity contribution in [2.75, 3.05) is 11.9 Å². The average Bonchev–Trinajstić information content (AvgIpc) is 3.01. The minimum absolute atomic E-state index is 0.00732. The van der Waals surface area contributed by atoms with Gasteiger partial charge in [0.15, 0.2) is 5.17 Å². The van der Waals surface area contributed by atoms with Crippen LogP contribution in [-0.2, 0) is 9.59 Å². The Balaban J connectivity index is 1.73. The van der Waals surface area contributed by atoms with Crippen molar-refractivity contribution in [2.45, 2.75) is 25.2 Å². The molecule has 0 radical (unpaired) electrons. The number of thioether (sulfide) groups is 1.